The molecule has 0 bridgehead atoms. The molecule has 13 nitrogen and oxygen atoms in total. The van der Waals surface area contributed by atoms with Crippen molar-refractivity contribution < 1.29 is 24.8 Å². The molecule has 0 spiro atoms. The van der Waals surface area contributed by atoms with Crippen LogP contribution in [-0.4, -0.2) is 64.9 Å². The number of aliphatic hydroxyl groups excluding tert-OH is 3. The maximum Gasteiger partial charge on any atom is 0.330 e. The van der Waals surface area contributed by atoms with Crippen LogP contribution in [0, 0.1) is 31.6 Å². The van der Waals surface area contributed by atoms with Crippen LogP contribution in [0.15, 0.2) is 56.9 Å². The van der Waals surface area contributed by atoms with E-state index in [2.05, 4.69) is 23.1 Å². The number of nitrogens with one attached hydrogen (secondary N) is 2. The highest BCUT2D eigenvalue weighted by Crippen LogP contribution is 2.47. The van der Waals surface area contributed by atoms with E-state index in [1.165, 1.54) is 21.5 Å². The van der Waals surface area contributed by atoms with Crippen LogP contribution in [0.1, 0.15) is 57.2 Å². The summed E-state index contributed by atoms with van der Waals surface area (Å²) >= 11 is 0. The smallest absolute Gasteiger partial charge is 0.330 e. The normalized spacial score (nSPS) is 32.3. The van der Waals surface area contributed by atoms with Crippen LogP contribution in [-0.2, 0) is 9.47 Å². The van der Waals surface area contributed by atoms with Gasteiger partial charge in [0.2, 0.25) is 0 Å². The lowest BCUT2D eigenvalue weighted by molar-refractivity contribution is -0.126. The molecule has 0 aromatic carbocycles. The van der Waals surface area contributed by atoms with E-state index in [1.54, 1.807) is 32.9 Å². The second kappa shape index (κ2) is 12.9. The highest BCUT2D eigenvalue weighted by molar-refractivity contribution is 5.07. The van der Waals surface area contributed by atoms with E-state index in [0.29, 0.717) is 17.5 Å². The van der Waals surface area contributed by atoms with E-state index < -0.39 is 64.8 Å². The van der Waals surface area contributed by atoms with E-state index >= 15 is 0 Å². The quantitative estimate of drug-likeness (QED) is 0.275. The second-order valence-electron chi connectivity index (χ2n) is 11.4. The fourth-order valence-corrected chi connectivity index (χ4v) is 5.74. The van der Waals surface area contributed by atoms with E-state index in [-0.39, 0.29) is 24.9 Å². The Bertz CT molecular complexity index is 1410. The van der Waals surface area contributed by atoms with E-state index in [1.807, 2.05) is 13.8 Å². The number of aromatic amines is 2. The third kappa shape index (κ3) is 5.92. The monoisotopic (exact) mass is 590 g/mol. The summed E-state index contributed by atoms with van der Waals surface area (Å²) < 4.78 is 14.5. The summed E-state index contributed by atoms with van der Waals surface area (Å²) in [4.78, 5) is 51.4. The van der Waals surface area contributed by atoms with Crippen molar-refractivity contribution >= 4 is 0 Å². The van der Waals surface area contributed by atoms with Gasteiger partial charge in [-0.25, -0.2) is 9.59 Å². The molecule has 13 heteroatoms. The van der Waals surface area contributed by atoms with Gasteiger partial charge in [-0.1, -0.05) is 32.9 Å². The second-order valence-corrected chi connectivity index (χ2v) is 11.4. The Hall–Kier alpha value is -3.36. The molecule has 2 saturated heterocycles. The molecule has 2 aromatic heterocycles. The van der Waals surface area contributed by atoms with Crippen LogP contribution in [0.4, 0.5) is 0 Å². The first-order valence-electron chi connectivity index (χ1n) is 13.8. The van der Waals surface area contributed by atoms with Gasteiger partial charge in [-0.2, -0.15) is 0 Å². The molecule has 0 aliphatic carbocycles. The van der Waals surface area contributed by atoms with Crippen LogP contribution >= 0.6 is 0 Å². The Balaban J connectivity index is 0.000000230. The Morgan fingerprint density at radius 1 is 0.810 bits per heavy atom. The number of aliphatic hydroxyl groups is 3. The van der Waals surface area contributed by atoms with Crippen LogP contribution in [0.25, 0.3) is 0 Å². The minimum absolute atomic E-state index is 0.0140. The first-order valence-corrected chi connectivity index (χ1v) is 13.8. The number of nitrogens with zero attached hydrogens (tertiary/aromatic N) is 2. The molecule has 8 unspecified atom stereocenters. The average Bonchev–Trinajstić information content (AvgIpc) is 3.34. The highest BCUT2D eigenvalue weighted by Gasteiger charge is 2.53. The van der Waals surface area contributed by atoms with Crippen LogP contribution in [0.2, 0.25) is 0 Å². The van der Waals surface area contributed by atoms with Gasteiger partial charge in [0.05, 0.1) is 19.3 Å². The molecular formula is C29H42N4O9. The fourth-order valence-electron chi connectivity index (χ4n) is 5.74. The number of aryl methyl sites for hydroxylation is 2. The predicted octanol–water partition coefficient (Wildman–Crippen LogP) is 0.631. The SMILES string of the molecule is C=CCC1(CO)OC(n2cc(C)c(=O)[nH]c2=O)C(C)C1C.C=CCC1(CO)OC(n2cc(C)c(=O)[nH]c2=O)C(C)C1O. The summed E-state index contributed by atoms with van der Waals surface area (Å²) in [6.07, 6.45) is 4.69. The molecule has 42 heavy (non-hydrogen) atoms. The lowest BCUT2D eigenvalue weighted by Crippen LogP contribution is -2.44. The molecule has 2 fully saturated rings. The average molecular weight is 591 g/mol. The number of hydrogen-bond donors (Lipinski definition) is 5. The Morgan fingerprint density at radius 3 is 1.64 bits per heavy atom. The van der Waals surface area contributed by atoms with Gasteiger partial charge in [0.1, 0.15) is 23.7 Å². The van der Waals surface area contributed by atoms with E-state index in [9.17, 15) is 34.5 Å². The molecule has 0 amide bonds. The summed E-state index contributed by atoms with van der Waals surface area (Å²) in [5.41, 5.74) is -3.07. The molecule has 2 aliphatic rings. The Labute approximate surface area is 242 Å². The highest BCUT2D eigenvalue weighted by atomic mass is 16.6. The summed E-state index contributed by atoms with van der Waals surface area (Å²) in [6, 6.07) is 0. The molecule has 2 aliphatic heterocycles. The molecule has 232 valence electrons. The number of aromatic nitrogens is 4. The molecule has 0 saturated carbocycles. The summed E-state index contributed by atoms with van der Waals surface area (Å²) in [6.45, 7) is 15.7. The maximum atomic E-state index is 12.0. The van der Waals surface area contributed by atoms with Crippen molar-refractivity contribution in [1.82, 2.24) is 19.1 Å². The van der Waals surface area contributed by atoms with Gasteiger partial charge in [-0.05, 0) is 32.6 Å². The molecule has 8 atom stereocenters. The van der Waals surface area contributed by atoms with Gasteiger partial charge in [0.15, 0.2) is 0 Å². The predicted molar refractivity (Wildman–Crippen MR) is 155 cm³/mol. The summed E-state index contributed by atoms with van der Waals surface area (Å²) in [5, 5.41) is 29.7. The minimum atomic E-state index is -1.19. The van der Waals surface area contributed by atoms with Gasteiger partial charge < -0.3 is 24.8 Å². The number of rotatable bonds is 8. The zero-order chi connectivity index (χ0) is 31.6. The van der Waals surface area contributed by atoms with Crippen molar-refractivity contribution in [3.63, 3.8) is 0 Å². The van der Waals surface area contributed by atoms with Gasteiger partial charge in [-0.3, -0.25) is 28.7 Å². The third-order valence-electron chi connectivity index (χ3n) is 8.62. The lowest BCUT2D eigenvalue weighted by Gasteiger charge is -2.30. The van der Waals surface area contributed by atoms with Crippen molar-refractivity contribution in [2.75, 3.05) is 13.2 Å². The van der Waals surface area contributed by atoms with Crippen LogP contribution in [0.3, 0.4) is 0 Å². The third-order valence-corrected chi connectivity index (χ3v) is 8.62. The zero-order valence-electron chi connectivity index (χ0n) is 24.7. The van der Waals surface area contributed by atoms with E-state index in [4.69, 9.17) is 9.47 Å². The van der Waals surface area contributed by atoms with Crippen molar-refractivity contribution in [2.24, 2.45) is 17.8 Å². The van der Waals surface area contributed by atoms with Crippen LogP contribution < -0.4 is 22.5 Å². The van der Waals surface area contributed by atoms with Crippen molar-refractivity contribution in [1.29, 1.82) is 0 Å². The Morgan fingerprint density at radius 2 is 1.21 bits per heavy atom. The van der Waals surface area contributed by atoms with Crippen LogP contribution in [0.5, 0.6) is 0 Å². The zero-order valence-corrected chi connectivity index (χ0v) is 24.7. The first-order chi connectivity index (χ1) is 19.7. The van der Waals surface area contributed by atoms with Crippen molar-refractivity contribution in [2.45, 2.75) is 77.2 Å². The minimum Gasteiger partial charge on any atom is -0.393 e. The standard InChI is InChI=1S/C15H22N2O4.C14H20N2O5/c1-5-6-15(8-18)11(4)10(3)13(21-15)17-7-9(2)12(19)16-14(17)20;1-4-5-14(7-17)10(18)9(3)12(21-14)16-6-8(2)11(19)15-13(16)20/h5,7,10-11,13,18H,1,6,8H2,2-4H3,(H,16,19,20);4,6,9-10,12,17-18H,1,5,7H2,2-3H3,(H,15,19,20). The topological polar surface area (TPSA) is 189 Å². The summed E-state index contributed by atoms with van der Waals surface area (Å²) in [7, 11) is 0. The fraction of sp³-hybridized carbons (Fsp3) is 0.586. The molecule has 0 radical (unpaired) electrons. The van der Waals surface area contributed by atoms with Crippen molar-refractivity contribution in [3.8, 4) is 0 Å². The maximum absolute atomic E-state index is 12.0. The number of H-pyrrole nitrogens is 2. The van der Waals surface area contributed by atoms with Gasteiger partial charge in [-0.15, -0.1) is 13.2 Å². The molecule has 5 N–H and O–H groups in total. The molecule has 4 heterocycles. The van der Waals surface area contributed by atoms with Gasteiger partial charge in [0, 0.05) is 35.4 Å². The first kappa shape index (κ1) is 33.1. The van der Waals surface area contributed by atoms with Crippen molar-refractivity contribution in [3.05, 3.63) is 90.5 Å². The molecular weight excluding hydrogens is 548 g/mol. The lowest BCUT2D eigenvalue weighted by atomic mass is 9.81. The molecule has 4 rings (SSSR count). The van der Waals surface area contributed by atoms with E-state index in [0.717, 1.165) is 0 Å². The number of ether oxygens (including phenoxy) is 2. The number of hydrogen-bond acceptors (Lipinski definition) is 9. The molecule has 2 aromatic rings. The van der Waals surface area contributed by atoms with Gasteiger partial charge in [0.25, 0.3) is 11.1 Å². The Kier molecular flexibility index (Phi) is 10.2. The largest absolute Gasteiger partial charge is 0.393 e. The van der Waals surface area contributed by atoms with Gasteiger partial charge >= 0.3 is 11.4 Å². The summed E-state index contributed by atoms with van der Waals surface area (Å²) in [5.74, 6) is -0.371.